The van der Waals surface area contributed by atoms with Crippen LogP contribution in [0, 0.1) is 0 Å². The molecule has 1 aromatic carbocycles. The Balaban J connectivity index is 1.72. The third-order valence-corrected chi connectivity index (χ3v) is 4.51. The minimum absolute atomic E-state index is 0.0376. The molecule has 1 aliphatic heterocycles. The quantitative estimate of drug-likeness (QED) is 0.612. The van der Waals surface area contributed by atoms with Crippen LogP contribution in [0.25, 0.3) is 6.08 Å². The van der Waals surface area contributed by atoms with Crippen molar-refractivity contribution in [1.82, 2.24) is 9.55 Å². The van der Waals surface area contributed by atoms with Crippen molar-refractivity contribution < 1.29 is 19.7 Å². The Labute approximate surface area is 162 Å². The summed E-state index contributed by atoms with van der Waals surface area (Å²) < 4.78 is 12.3. The van der Waals surface area contributed by atoms with Gasteiger partial charge in [0, 0.05) is 6.20 Å². The molecule has 3 N–H and O–H groups in total. The lowest BCUT2D eigenvalue weighted by Crippen LogP contribution is -2.38. The largest absolute Gasteiger partial charge is 0.387 e. The van der Waals surface area contributed by atoms with E-state index in [1.165, 1.54) is 17.3 Å². The van der Waals surface area contributed by atoms with E-state index in [0.717, 1.165) is 10.1 Å². The maximum atomic E-state index is 12.1. The van der Waals surface area contributed by atoms with Gasteiger partial charge >= 0.3 is 5.69 Å². The highest BCUT2D eigenvalue weighted by Gasteiger charge is 2.44. The van der Waals surface area contributed by atoms with Crippen LogP contribution in [0.2, 0.25) is 0 Å². The van der Waals surface area contributed by atoms with E-state index in [2.05, 4.69) is 20.9 Å². The second-order valence-electron chi connectivity index (χ2n) is 6.09. The van der Waals surface area contributed by atoms with Crippen LogP contribution in [0.4, 0.5) is 0 Å². The first kappa shape index (κ1) is 19.7. The fourth-order valence-corrected chi connectivity index (χ4v) is 3.13. The predicted molar refractivity (Wildman–Crippen MR) is 101 cm³/mol. The number of hydrogen-bond donors (Lipinski definition) is 3. The van der Waals surface area contributed by atoms with Gasteiger partial charge in [0.2, 0.25) is 0 Å². The van der Waals surface area contributed by atoms with Crippen LogP contribution in [0.5, 0.6) is 0 Å². The number of rotatable bonds is 6. The molecule has 9 heteroatoms. The molecule has 1 aromatic heterocycles. The van der Waals surface area contributed by atoms with Crippen molar-refractivity contribution in [1.29, 1.82) is 0 Å². The number of benzene rings is 1. The van der Waals surface area contributed by atoms with E-state index in [1.807, 2.05) is 30.3 Å². The fourth-order valence-electron chi connectivity index (χ4n) is 2.84. The van der Waals surface area contributed by atoms with Crippen LogP contribution in [0.15, 0.2) is 51.1 Å². The topological polar surface area (TPSA) is 114 Å². The number of H-pyrrole nitrogens is 1. The summed E-state index contributed by atoms with van der Waals surface area (Å²) >= 11 is 3.07. The molecule has 1 aliphatic rings. The van der Waals surface area contributed by atoms with Crippen molar-refractivity contribution in [2.24, 2.45) is 0 Å². The van der Waals surface area contributed by atoms with Crippen molar-refractivity contribution >= 4 is 22.0 Å². The number of nitrogens with zero attached hydrogens (tertiary/aromatic N) is 1. The van der Waals surface area contributed by atoms with E-state index in [9.17, 15) is 19.8 Å². The monoisotopic (exact) mass is 438 g/mol. The van der Waals surface area contributed by atoms with Crippen molar-refractivity contribution in [2.45, 2.75) is 31.1 Å². The van der Waals surface area contributed by atoms with E-state index in [0.29, 0.717) is 6.61 Å². The number of hydrogen-bond acceptors (Lipinski definition) is 6. The molecule has 2 aromatic rings. The third kappa shape index (κ3) is 4.45. The predicted octanol–water partition coefficient (Wildman–Crippen LogP) is 0.738. The zero-order valence-electron chi connectivity index (χ0n) is 14.2. The second-order valence-corrected chi connectivity index (χ2v) is 6.62. The highest BCUT2D eigenvalue weighted by Crippen LogP contribution is 2.28. The van der Waals surface area contributed by atoms with Crippen molar-refractivity contribution in [3.8, 4) is 0 Å². The zero-order valence-corrected chi connectivity index (χ0v) is 15.8. The van der Waals surface area contributed by atoms with Gasteiger partial charge in [-0.15, -0.1) is 0 Å². The lowest BCUT2D eigenvalue weighted by atomic mass is 10.1. The maximum Gasteiger partial charge on any atom is 0.330 e. The molecule has 0 spiro atoms. The van der Waals surface area contributed by atoms with Gasteiger partial charge in [0.1, 0.15) is 18.3 Å². The van der Waals surface area contributed by atoms with Gasteiger partial charge in [0.15, 0.2) is 6.23 Å². The lowest BCUT2D eigenvalue weighted by molar-refractivity contribution is -0.0711. The summed E-state index contributed by atoms with van der Waals surface area (Å²) in [4.78, 5) is 27.5. The lowest BCUT2D eigenvalue weighted by Gasteiger charge is -2.17. The summed E-state index contributed by atoms with van der Waals surface area (Å²) in [6.45, 7) is 0.364. The molecule has 0 bridgehead atoms. The molecule has 1 fully saturated rings. The average molecular weight is 439 g/mol. The second kappa shape index (κ2) is 8.77. The Hall–Kier alpha value is -2.04. The van der Waals surface area contributed by atoms with E-state index in [1.54, 1.807) is 0 Å². The normalized spacial score (nSPS) is 25.3. The molecular weight excluding hydrogens is 420 g/mol. The number of halogens is 1. The highest BCUT2D eigenvalue weighted by molar-refractivity contribution is 9.11. The summed E-state index contributed by atoms with van der Waals surface area (Å²) in [6, 6.07) is 9.49. The van der Waals surface area contributed by atoms with E-state index >= 15 is 0 Å². The Kier molecular flexibility index (Phi) is 6.40. The van der Waals surface area contributed by atoms with Gasteiger partial charge in [0.25, 0.3) is 5.56 Å². The number of nitrogens with one attached hydrogen (secondary N) is 1. The minimum atomic E-state index is -1.35. The maximum absolute atomic E-state index is 12.1. The smallest absolute Gasteiger partial charge is 0.330 e. The molecule has 0 aliphatic carbocycles. The summed E-state index contributed by atoms with van der Waals surface area (Å²) in [6.07, 6.45) is -1.82. The van der Waals surface area contributed by atoms with Crippen LogP contribution in [0.1, 0.15) is 17.4 Å². The molecule has 0 unspecified atom stereocenters. The van der Waals surface area contributed by atoms with Gasteiger partial charge in [-0.2, -0.15) is 0 Å². The van der Waals surface area contributed by atoms with E-state index in [-0.39, 0.29) is 12.2 Å². The first-order chi connectivity index (χ1) is 13.0. The first-order valence-electron chi connectivity index (χ1n) is 8.26. The van der Waals surface area contributed by atoms with Crippen molar-refractivity contribution in [3.05, 3.63) is 73.5 Å². The standard InChI is InChI=1S/C18H19BrN2O6/c19-7-6-12-8-21(18(25)20-16(12)24)17-15(23)14(22)13(27-17)10-26-9-11-4-2-1-3-5-11/h1-8,13-15,17,22-23H,9-10H2,(H,20,24,25)/b7-6+/t13-,14-,15+,17-/m1/s1. The fraction of sp³-hybridized carbons (Fsp3) is 0.333. The molecule has 4 atom stereocenters. The molecule has 0 radical (unpaired) electrons. The van der Waals surface area contributed by atoms with Gasteiger partial charge in [-0.05, 0) is 16.6 Å². The molecule has 0 saturated carbocycles. The van der Waals surface area contributed by atoms with Crippen molar-refractivity contribution in [3.63, 3.8) is 0 Å². The van der Waals surface area contributed by atoms with Crippen LogP contribution >= 0.6 is 15.9 Å². The first-order valence-corrected chi connectivity index (χ1v) is 9.18. The number of ether oxygens (including phenoxy) is 2. The van der Waals surface area contributed by atoms with Crippen LogP contribution in [-0.2, 0) is 16.1 Å². The van der Waals surface area contributed by atoms with Crippen LogP contribution in [0.3, 0.4) is 0 Å². The summed E-state index contributed by atoms with van der Waals surface area (Å²) in [7, 11) is 0. The average Bonchev–Trinajstić information content (AvgIpc) is 2.93. The molecule has 27 heavy (non-hydrogen) atoms. The molecule has 3 rings (SSSR count). The number of aliphatic hydroxyl groups is 2. The van der Waals surface area contributed by atoms with Gasteiger partial charge in [-0.3, -0.25) is 14.3 Å². The Bertz CT molecular complexity index is 910. The van der Waals surface area contributed by atoms with Crippen LogP contribution < -0.4 is 11.2 Å². The summed E-state index contributed by atoms with van der Waals surface area (Å²) in [5, 5.41) is 20.5. The SMILES string of the molecule is O=c1[nH]c(=O)n([C@@H]2O[C@H](COCc3ccccc3)[C@@H](O)[C@@H]2O)cc1/C=C/Br. The molecule has 2 heterocycles. The third-order valence-electron chi connectivity index (χ3n) is 4.24. The van der Waals surface area contributed by atoms with Gasteiger partial charge < -0.3 is 19.7 Å². The molecule has 1 saturated heterocycles. The highest BCUT2D eigenvalue weighted by atomic mass is 79.9. The number of aromatic amines is 1. The zero-order chi connectivity index (χ0) is 19.4. The Morgan fingerprint density at radius 2 is 1.96 bits per heavy atom. The van der Waals surface area contributed by atoms with Crippen molar-refractivity contribution in [2.75, 3.05) is 6.61 Å². The van der Waals surface area contributed by atoms with Gasteiger partial charge in [-0.1, -0.05) is 46.3 Å². The molecule has 0 amide bonds. The Morgan fingerprint density at radius 3 is 2.67 bits per heavy atom. The van der Waals surface area contributed by atoms with Gasteiger partial charge in [0.05, 0.1) is 18.8 Å². The molecule has 8 nitrogen and oxygen atoms in total. The minimum Gasteiger partial charge on any atom is -0.387 e. The number of aromatic nitrogens is 2. The Morgan fingerprint density at radius 1 is 1.22 bits per heavy atom. The molecular formula is C18H19BrN2O6. The number of aliphatic hydroxyl groups excluding tert-OH is 2. The van der Waals surface area contributed by atoms with E-state index < -0.39 is 35.8 Å². The summed E-state index contributed by atoms with van der Waals surface area (Å²) in [5.41, 5.74) is -0.151. The summed E-state index contributed by atoms with van der Waals surface area (Å²) in [5.74, 6) is 0. The van der Waals surface area contributed by atoms with Gasteiger partial charge in [-0.25, -0.2) is 4.79 Å². The molecule has 144 valence electrons. The van der Waals surface area contributed by atoms with E-state index in [4.69, 9.17) is 9.47 Å². The van der Waals surface area contributed by atoms with Crippen LogP contribution in [-0.4, -0.2) is 44.7 Å².